The molecule has 37 heavy (non-hydrogen) atoms. The minimum atomic E-state index is -4.41. The van der Waals surface area contributed by atoms with Gasteiger partial charge >= 0.3 is 7.82 Å². The van der Waals surface area contributed by atoms with E-state index in [1.54, 1.807) is 4.90 Å². The van der Waals surface area contributed by atoms with Crippen LogP contribution in [0.15, 0.2) is 30.3 Å². The molecule has 218 valence electrons. The van der Waals surface area contributed by atoms with Crippen molar-refractivity contribution in [3.63, 3.8) is 0 Å². The van der Waals surface area contributed by atoms with Gasteiger partial charge in [-0.2, -0.15) is 0 Å². The average Bonchev–Trinajstić information content (AvgIpc) is 2.87. The van der Waals surface area contributed by atoms with Crippen LogP contribution in [0.1, 0.15) is 5.56 Å². The van der Waals surface area contributed by atoms with E-state index in [1.165, 1.54) is 0 Å². The molecule has 0 aliphatic heterocycles. The third-order valence-corrected chi connectivity index (χ3v) is 4.85. The van der Waals surface area contributed by atoms with Crippen LogP contribution < -0.4 is 0 Å². The van der Waals surface area contributed by atoms with Crippen LogP contribution in [-0.2, 0) is 39.4 Å². The summed E-state index contributed by atoms with van der Waals surface area (Å²) in [4.78, 5) is 18.7. The molecule has 14 heteroatoms. The number of benzene rings is 1. The summed E-state index contributed by atoms with van der Waals surface area (Å²) in [6.45, 7) is 5.88. The van der Waals surface area contributed by atoms with Gasteiger partial charge in [-0.15, -0.1) is 0 Å². The molecule has 0 saturated carbocycles. The number of hydrogen-bond acceptors (Lipinski definition) is 11. The molecular weight excluding hydrogens is 513 g/mol. The highest BCUT2D eigenvalue weighted by atomic mass is 31.2. The van der Waals surface area contributed by atoms with Crippen molar-refractivity contribution in [1.82, 2.24) is 4.90 Å². The van der Waals surface area contributed by atoms with Crippen LogP contribution in [0.25, 0.3) is 0 Å². The number of nitrogens with zero attached hydrogens (tertiary/aromatic N) is 1. The minimum absolute atomic E-state index is 0.0694. The second-order valence-corrected chi connectivity index (χ2v) is 8.56. The Kier molecular flexibility index (Phi) is 25.8. The molecule has 0 unspecified atom stereocenters. The van der Waals surface area contributed by atoms with E-state index >= 15 is 0 Å². The lowest BCUT2D eigenvalue weighted by Gasteiger charge is -2.17. The first kappa shape index (κ1) is 36.0. The molecular formula is C23H44NO12P. The first-order chi connectivity index (χ1) is 17.9. The lowest BCUT2D eigenvalue weighted by atomic mass is 10.2. The Morgan fingerprint density at radius 1 is 0.595 bits per heavy atom. The molecule has 0 fully saturated rings. The van der Waals surface area contributed by atoms with Crippen molar-refractivity contribution in [2.75, 3.05) is 106 Å². The number of hydrogen-bond donors (Lipinski definition) is 5. The molecule has 0 spiro atoms. The normalized spacial score (nSPS) is 11.5. The topological polar surface area (TPSA) is 177 Å². The predicted molar refractivity (Wildman–Crippen MR) is 135 cm³/mol. The molecule has 0 heterocycles. The zero-order chi connectivity index (χ0) is 27.5. The summed E-state index contributed by atoms with van der Waals surface area (Å²) >= 11 is 0. The van der Waals surface area contributed by atoms with Gasteiger partial charge in [0.25, 0.3) is 0 Å². The van der Waals surface area contributed by atoms with Gasteiger partial charge in [-0.25, -0.2) is 4.57 Å². The van der Waals surface area contributed by atoms with Crippen LogP contribution in [0.2, 0.25) is 0 Å². The number of aliphatic hydroxyl groups is 3. The fraction of sp³-hybridized carbons (Fsp3) is 0.739. The van der Waals surface area contributed by atoms with E-state index in [0.717, 1.165) is 5.56 Å². The average molecular weight is 558 g/mol. The Balaban J connectivity index is 0.00000109. The van der Waals surface area contributed by atoms with E-state index in [9.17, 15) is 4.57 Å². The molecule has 0 aliphatic rings. The maximum absolute atomic E-state index is 10.4. The smallest absolute Gasteiger partial charge is 0.395 e. The molecule has 13 nitrogen and oxygen atoms in total. The summed E-state index contributed by atoms with van der Waals surface area (Å²) in [5.74, 6) is 0. The van der Waals surface area contributed by atoms with Crippen molar-refractivity contribution >= 4 is 7.82 Å². The fourth-order valence-electron chi connectivity index (χ4n) is 2.62. The first-order valence-electron chi connectivity index (χ1n) is 12.1. The van der Waals surface area contributed by atoms with E-state index in [4.69, 9.17) is 48.8 Å². The largest absolute Gasteiger partial charge is 0.469 e. The van der Waals surface area contributed by atoms with Crippen molar-refractivity contribution in [3.8, 4) is 0 Å². The number of phosphoric ester groups is 1. The summed E-state index contributed by atoms with van der Waals surface area (Å²) < 4.78 is 41.2. The molecule has 0 atom stereocenters. The second-order valence-electron chi connectivity index (χ2n) is 7.32. The van der Waals surface area contributed by atoms with Gasteiger partial charge in [-0.1, -0.05) is 30.3 Å². The summed E-state index contributed by atoms with van der Waals surface area (Å²) in [7, 11) is -4.41. The Hall–Kier alpha value is -1.03. The lowest BCUT2D eigenvalue weighted by molar-refractivity contribution is -0.0145. The predicted octanol–water partition coefficient (Wildman–Crippen LogP) is -0.356. The van der Waals surface area contributed by atoms with Crippen LogP contribution in [0, 0.1) is 0 Å². The number of phosphoric acid groups is 1. The van der Waals surface area contributed by atoms with Gasteiger partial charge in [0.1, 0.15) is 0 Å². The number of rotatable bonds is 24. The van der Waals surface area contributed by atoms with Crippen LogP contribution >= 0.6 is 7.82 Å². The standard InChI is InChI=1S/C17H29O9P.C6H15NO3/c18-27(19,20)26-15-14-24-11-10-22-7-6-21-8-9-23-12-13-25-16-17-4-2-1-3-5-17;8-4-1-7(2-5-9)3-6-10/h1-5H,6-16H2,(H2,18,19,20);8-10H,1-6H2. The zero-order valence-corrected chi connectivity index (χ0v) is 22.3. The SMILES string of the molecule is O=P(O)(O)OCCOCCOCCOCCOCCOCc1ccccc1.OCCN(CCO)CCO. The molecule has 0 saturated heterocycles. The molecule has 1 aromatic rings. The third-order valence-electron chi connectivity index (χ3n) is 4.34. The van der Waals surface area contributed by atoms with Crippen molar-refractivity contribution in [2.45, 2.75) is 6.61 Å². The van der Waals surface area contributed by atoms with Gasteiger partial charge in [0, 0.05) is 19.6 Å². The number of aliphatic hydroxyl groups excluding tert-OH is 3. The van der Waals surface area contributed by atoms with E-state index in [0.29, 0.717) is 79.1 Å². The zero-order valence-electron chi connectivity index (χ0n) is 21.4. The van der Waals surface area contributed by atoms with Crippen LogP contribution in [-0.4, -0.2) is 136 Å². The third kappa shape index (κ3) is 27.8. The van der Waals surface area contributed by atoms with Gasteiger partial charge in [0.05, 0.1) is 92.5 Å². The van der Waals surface area contributed by atoms with E-state index < -0.39 is 7.82 Å². The van der Waals surface area contributed by atoms with Gasteiger partial charge < -0.3 is 48.8 Å². The van der Waals surface area contributed by atoms with Gasteiger partial charge in [0.15, 0.2) is 0 Å². The van der Waals surface area contributed by atoms with Crippen molar-refractivity contribution < 1.29 is 57.9 Å². The van der Waals surface area contributed by atoms with Crippen LogP contribution in [0.4, 0.5) is 0 Å². The van der Waals surface area contributed by atoms with E-state index in [2.05, 4.69) is 4.52 Å². The Bertz CT molecular complexity index is 623. The van der Waals surface area contributed by atoms with Gasteiger partial charge in [-0.05, 0) is 5.56 Å². The maximum atomic E-state index is 10.4. The summed E-state index contributed by atoms with van der Waals surface area (Å²) in [6.07, 6.45) is 0. The molecule has 0 aromatic heterocycles. The molecule has 5 N–H and O–H groups in total. The molecule has 1 aromatic carbocycles. The van der Waals surface area contributed by atoms with Crippen LogP contribution in [0.3, 0.4) is 0 Å². The van der Waals surface area contributed by atoms with Crippen molar-refractivity contribution in [2.24, 2.45) is 0 Å². The molecule has 1 rings (SSSR count). The quantitative estimate of drug-likeness (QED) is 0.0824. The highest BCUT2D eigenvalue weighted by molar-refractivity contribution is 7.46. The Morgan fingerprint density at radius 3 is 1.35 bits per heavy atom. The van der Waals surface area contributed by atoms with Crippen LogP contribution in [0.5, 0.6) is 0 Å². The monoisotopic (exact) mass is 557 g/mol. The van der Waals surface area contributed by atoms with Gasteiger partial charge in [-0.3, -0.25) is 9.42 Å². The Labute approximate surface area is 219 Å². The summed E-state index contributed by atoms with van der Waals surface area (Å²) in [5, 5.41) is 25.5. The molecule has 0 aliphatic carbocycles. The fourth-order valence-corrected chi connectivity index (χ4v) is 2.93. The Morgan fingerprint density at radius 2 is 0.973 bits per heavy atom. The van der Waals surface area contributed by atoms with Gasteiger partial charge in [0.2, 0.25) is 0 Å². The van der Waals surface area contributed by atoms with E-state index in [1.807, 2.05) is 30.3 Å². The van der Waals surface area contributed by atoms with Crippen molar-refractivity contribution in [3.05, 3.63) is 35.9 Å². The number of ether oxygens (including phenoxy) is 5. The molecule has 0 amide bonds. The lowest BCUT2D eigenvalue weighted by Crippen LogP contribution is -2.32. The highest BCUT2D eigenvalue weighted by Crippen LogP contribution is 2.35. The maximum Gasteiger partial charge on any atom is 0.469 e. The first-order valence-corrected chi connectivity index (χ1v) is 13.6. The van der Waals surface area contributed by atoms with Crippen molar-refractivity contribution in [1.29, 1.82) is 0 Å². The molecule has 0 bridgehead atoms. The molecule has 0 radical (unpaired) electrons. The second kappa shape index (κ2) is 26.6. The summed E-state index contributed by atoms with van der Waals surface area (Å²) in [5.41, 5.74) is 1.14. The summed E-state index contributed by atoms with van der Waals surface area (Å²) in [6, 6.07) is 9.97. The van der Waals surface area contributed by atoms with E-state index in [-0.39, 0.29) is 33.0 Å². The minimum Gasteiger partial charge on any atom is -0.395 e. The highest BCUT2D eigenvalue weighted by Gasteiger charge is 2.12.